The van der Waals surface area contributed by atoms with E-state index in [4.69, 9.17) is 0 Å². The number of likely N-dealkylation sites (N-methyl/N-ethyl adjacent to an activating group) is 1. The number of quaternary nitrogens is 1. The van der Waals surface area contributed by atoms with Gasteiger partial charge in [-0.15, -0.1) is 0 Å². The number of fused-ring (bicyclic) bond motifs is 1. The normalized spacial score (nSPS) is 14.7. The number of alkyl halides is 3. The van der Waals surface area contributed by atoms with E-state index in [1.165, 1.54) is 17.0 Å². The minimum Gasteiger partial charge on any atom is -0.335 e. The minimum absolute atomic E-state index is 0.0870. The summed E-state index contributed by atoms with van der Waals surface area (Å²) in [7, 11) is 2.08. The van der Waals surface area contributed by atoms with Crippen LogP contribution in [0.15, 0.2) is 60.9 Å². The number of aryl methyl sites for hydroxylation is 1. The lowest BCUT2D eigenvalue weighted by Gasteiger charge is -2.30. The molecular weight excluding hydrogens is 505 g/mol. The summed E-state index contributed by atoms with van der Waals surface area (Å²) in [6.45, 7) is 5.37. The average Bonchev–Trinajstić information content (AvgIpc) is 3.33. The number of piperazine rings is 1. The average molecular weight is 534 g/mol. The predicted molar refractivity (Wildman–Crippen MR) is 141 cm³/mol. The Bertz CT molecular complexity index is 1580. The topological polar surface area (TPSA) is 67.0 Å². The molecule has 0 spiro atoms. The molecule has 3 heterocycles. The lowest BCUT2D eigenvalue weighted by Crippen LogP contribution is -3.11. The predicted octanol–water partition coefficient (Wildman–Crippen LogP) is 3.04. The molecule has 39 heavy (non-hydrogen) atoms. The zero-order chi connectivity index (χ0) is 27.6. The van der Waals surface area contributed by atoms with Crippen LogP contribution in [-0.4, -0.2) is 58.6 Å². The number of anilines is 1. The van der Waals surface area contributed by atoms with E-state index in [1.54, 1.807) is 41.2 Å². The van der Waals surface area contributed by atoms with Gasteiger partial charge in [0.25, 0.3) is 5.91 Å². The number of carbonyl (C=O) groups is 1. The lowest BCUT2D eigenvalue weighted by atomic mass is 10.0. The van der Waals surface area contributed by atoms with E-state index in [1.807, 2.05) is 17.9 Å². The molecule has 5 rings (SSSR count). The van der Waals surface area contributed by atoms with E-state index in [0.29, 0.717) is 22.5 Å². The third-order valence-corrected chi connectivity index (χ3v) is 6.88. The lowest BCUT2D eigenvalue weighted by molar-refractivity contribution is -0.884. The van der Waals surface area contributed by atoms with Gasteiger partial charge in [-0.2, -0.15) is 18.3 Å². The van der Waals surface area contributed by atoms with E-state index in [-0.39, 0.29) is 17.8 Å². The van der Waals surface area contributed by atoms with Gasteiger partial charge in [-0.3, -0.25) is 9.69 Å². The number of amides is 1. The van der Waals surface area contributed by atoms with E-state index >= 15 is 0 Å². The van der Waals surface area contributed by atoms with Crippen molar-refractivity contribution < 1.29 is 22.9 Å². The van der Waals surface area contributed by atoms with Crippen LogP contribution in [0.2, 0.25) is 0 Å². The number of halogens is 3. The number of benzene rings is 2. The molecule has 1 aliphatic rings. The molecule has 0 radical (unpaired) electrons. The zero-order valence-electron chi connectivity index (χ0n) is 21.6. The van der Waals surface area contributed by atoms with Crippen LogP contribution in [0, 0.1) is 18.8 Å². The van der Waals surface area contributed by atoms with Gasteiger partial charge in [-0.1, -0.05) is 18.1 Å². The van der Waals surface area contributed by atoms with Crippen LogP contribution < -0.4 is 10.2 Å². The third-order valence-electron chi connectivity index (χ3n) is 6.88. The number of imidazole rings is 1. The van der Waals surface area contributed by atoms with Gasteiger partial charge in [0.1, 0.15) is 5.69 Å². The first-order chi connectivity index (χ1) is 18.7. The maximum atomic E-state index is 13.9. The summed E-state index contributed by atoms with van der Waals surface area (Å²) in [5.74, 6) is 5.58. The molecule has 1 aliphatic heterocycles. The Hall–Kier alpha value is -4.20. The quantitative estimate of drug-likeness (QED) is 0.396. The molecule has 10 heteroatoms. The summed E-state index contributed by atoms with van der Waals surface area (Å²) in [5, 5.41) is 6.86. The van der Waals surface area contributed by atoms with Crippen LogP contribution in [0.4, 0.5) is 18.9 Å². The number of carbonyl (C=O) groups excluding carboxylic acids is 1. The molecule has 0 saturated carbocycles. The smallest absolute Gasteiger partial charge is 0.335 e. The zero-order valence-corrected chi connectivity index (χ0v) is 21.6. The molecule has 1 saturated heterocycles. The number of rotatable bonds is 4. The maximum absolute atomic E-state index is 13.9. The molecule has 0 unspecified atom stereocenters. The van der Waals surface area contributed by atoms with Crippen molar-refractivity contribution in [2.45, 2.75) is 19.6 Å². The van der Waals surface area contributed by atoms with Crippen LogP contribution in [0.5, 0.6) is 0 Å². The van der Waals surface area contributed by atoms with Crippen LogP contribution in [-0.2, 0) is 12.7 Å². The van der Waals surface area contributed by atoms with Crippen molar-refractivity contribution >= 4 is 17.2 Å². The Balaban J connectivity index is 1.35. The van der Waals surface area contributed by atoms with Crippen molar-refractivity contribution in [2.75, 3.05) is 38.5 Å². The molecule has 1 fully saturated rings. The van der Waals surface area contributed by atoms with Crippen LogP contribution >= 0.6 is 0 Å². The SMILES string of the molecule is Cc1ccc(C(=O)Nc2ccc(CN3CC[NH+](C)CC3)c(C(F)(F)F)c2)cc1C#Cc1cnc2cccnn12. The second-order valence-corrected chi connectivity index (χ2v) is 9.77. The van der Waals surface area contributed by atoms with Crippen LogP contribution in [0.25, 0.3) is 5.65 Å². The monoisotopic (exact) mass is 533 g/mol. The summed E-state index contributed by atoms with van der Waals surface area (Å²) < 4.78 is 43.4. The Labute approximate surface area is 224 Å². The highest BCUT2D eigenvalue weighted by Crippen LogP contribution is 2.34. The molecule has 2 aromatic heterocycles. The Morgan fingerprint density at radius 3 is 2.67 bits per heavy atom. The highest BCUT2D eigenvalue weighted by molar-refractivity contribution is 6.04. The molecule has 0 aliphatic carbocycles. The number of nitrogens with one attached hydrogen (secondary N) is 2. The van der Waals surface area contributed by atoms with Gasteiger partial charge in [0.15, 0.2) is 5.65 Å². The summed E-state index contributed by atoms with van der Waals surface area (Å²) >= 11 is 0. The van der Waals surface area contributed by atoms with E-state index < -0.39 is 17.6 Å². The van der Waals surface area contributed by atoms with Gasteiger partial charge in [0.05, 0.1) is 31.9 Å². The van der Waals surface area contributed by atoms with Gasteiger partial charge < -0.3 is 10.2 Å². The molecule has 2 N–H and O–H groups in total. The number of aromatic nitrogens is 3. The fraction of sp³-hybridized carbons (Fsp3) is 0.276. The van der Waals surface area contributed by atoms with E-state index in [9.17, 15) is 18.0 Å². The summed E-state index contributed by atoms with van der Waals surface area (Å²) in [6.07, 6.45) is -1.28. The van der Waals surface area contributed by atoms with Crippen molar-refractivity contribution in [1.82, 2.24) is 19.5 Å². The summed E-state index contributed by atoms with van der Waals surface area (Å²) in [5.41, 5.74) is 2.59. The first kappa shape index (κ1) is 26.4. The van der Waals surface area contributed by atoms with Crippen LogP contribution in [0.3, 0.4) is 0 Å². The molecule has 2 aromatic carbocycles. The number of nitrogens with zero attached hydrogens (tertiary/aromatic N) is 4. The Kier molecular flexibility index (Phi) is 7.37. The van der Waals surface area contributed by atoms with Crippen molar-refractivity contribution in [1.29, 1.82) is 0 Å². The van der Waals surface area contributed by atoms with E-state index in [0.717, 1.165) is 37.8 Å². The van der Waals surface area contributed by atoms with Gasteiger partial charge in [0, 0.05) is 42.6 Å². The molecule has 0 atom stereocenters. The first-order valence-electron chi connectivity index (χ1n) is 12.6. The number of hydrogen-bond acceptors (Lipinski definition) is 4. The molecule has 7 nitrogen and oxygen atoms in total. The second-order valence-electron chi connectivity index (χ2n) is 9.77. The standard InChI is InChI=1S/C29H27F3N6O/c1-20-5-6-22(16-21(20)8-10-25-18-33-27-4-3-11-34-38(25)27)28(39)35-24-9-7-23(26(17-24)29(30,31)32)19-37-14-12-36(2)13-15-37/h3-7,9,11,16-18H,12-15,19H2,1-2H3,(H,35,39)/p+1. The van der Waals surface area contributed by atoms with Gasteiger partial charge in [-0.25, -0.2) is 9.50 Å². The number of hydrogen-bond donors (Lipinski definition) is 2. The minimum atomic E-state index is -4.53. The summed E-state index contributed by atoms with van der Waals surface area (Å²) in [6, 6.07) is 12.6. The van der Waals surface area contributed by atoms with Crippen molar-refractivity contribution in [3.63, 3.8) is 0 Å². The van der Waals surface area contributed by atoms with Gasteiger partial charge in [0.2, 0.25) is 0 Å². The molecule has 200 valence electrons. The van der Waals surface area contributed by atoms with Crippen LogP contribution in [0.1, 0.15) is 38.3 Å². The highest BCUT2D eigenvalue weighted by atomic mass is 19.4. The van der Waals surface area contributed by atoms with Gasteiger partial charge >= 0.3 is 6.18 Å². The fourth-order valence-electron chi connectivity index (χ4n) is 4.54. The van der Waals surface area contributed by atoms with Crippen molar-refractivity contribution in [3.05, 3.63) is 94.4 Å². The molecular formula is C29H28F3N6O+. The van der Waals surface area contributed by atoms with Crippen molar-refractivity contribution in [2.24, 2.45) is 0 Å². The molecule has 0 bridgehead atoms. The second kappa shape index (κ2) is 10.9. The molecule has 4 aromatic rings. The van der Waals surface area contributed by atoms with E-state index in [2.05, 4.69) is 34.3 Å². The highest BCUT2D eigenvalue weighted by Gasteiger charge is 2.34. The largest absolute Gasteiger partial charge is 0.416 e. The Morgan fingerprint density at radius 2 is 1.90 bits per heavy atom. The maximum Gasteiger partial charge on any atom is 0.416 e. The first-order valence-corrected chi connectivity index (χ1v) is 12.6. The molecule has 1 amide bonds. The van der Waals surface area contributed by atoms with Gasteiger partial charge in [-0.05, 0) is 60.4 Å². The fourth-order valence-corrected chi connectivity index (χ4v) is 4.54. The summed E-state index contributed by atoms with van der Waals surface area (Å²) in [4.78, 5) is 20.7. The van der Waals surface area contributed by atoms with Crippen molar-refractivity contribution in [3.8, 4) is 11.8 Å². The third kappa shape index (κ3) is 6.11. The Morgan fingerprint density at radius 1 is 1.10 bits per heavy atom.